The molecule has 3 unspecified atom stereocenters. The number of unbranched alkanes of at least 4 members (excludes halogenated alkanes) is 3. The van der Waals surface area contributed by atoms with Gasteiger partial charge in [0.25, 0.3) is 0 Å². The van der Waals surface area contributed by atoms with Crippen molar-refractivity contribution < 1.29 is 106 Å². The van der Waals surface area contributed by atoms with Crippen LogP contribution in [0.5, 0.6) is 0 Å². The van der Waals surface area contributed by atoms with Crippen LogP contribution in [0.15, 0.2) is 54.6 Å². The normalized spacial score (nSPS) is 24.5. The zero-order chi connectivity index (χ0) is 104. The first-order chi connectivity index (χ1) is 67.1. The average Bonchev–Trinajstić information content (AvgIpc) is 1.68. The van der Waals surface area contributed by atoms with Gasteiger partial charge in [0, 0.05) is 81.9 Å². The molecule has 5 heterocycles. The summed E-state index contributed by atoms with van der Waals surface area (Å²) >= 11 is 6.53. The van der Waals surface area contributed by atoms with E-state index in [9.17, 15) is 72.9 Å². The van der Waals surface area contributed by atoms with E-state index in [2.05, 4.69) is 74.4 Å². The predicted molar refractivity (Wildman–Crippen MR) is 524 cm³/mol. The highest BCUT2D eigenvalue weighted by Gasteiger charge is 2.48. The Morgan fingerprint density at radius 1 is 0.574 bits per heavy atom. The number of aliphatic hydroxyl groups is 2. The van der Waals surface area contributed by atoms with Crippen LogP contribution in [-0.4, -0.2) is 326 Å². The SMILES string of the molecule is CCCC[C@@H]1NC(=O)[C@H](CCCCN)NC(=O)[C@H](CCCNC(=N)N)NC(=O)[C@H](CC(C)C)NC(=O)C(NC(=O)[C@H](Cc2cccc(Cl)c2)NC(=O)[C@@H]2C[C@@H](O)CN2C(=O)[C@@H](NC(C)=O)C(C)C)CCSSC[C@@H](C(=O)NC(CCCCN)C(=O)N2CCC[C@H]2C(=O)N2CCC[C@H]2C(=O)N[C@@H](CCC(=O)O)C(N)=O)NC(=O)[C@H](Cc2ccccc2)NC(=O)[C@H](CO)NC(=O)C(C)NC(=O)[C@@H]2CCCN2C1=O. The number of likely N-dealkylation sites (tertiary alicyclic amines) is 3. The summed E-state index contributed by atoms with van der Waals surface area (Å²) in [6.45, 7) is 10.0. The first kappa shape index (κ1) is 116. The number of nitrogens with zero attached hydrogens (tertiary/aromatic N) is 4. The van der Waals surface area contributed by atoms with Crippen LogP contribution in [0.3, 0.4) is 0 Å². The van der Waals surface area contributed by atoms with Crippen LogP contribution in [-0.2, 0) is 104 Å². The Bertz CT molecular complexity index is 4670. The number of carboxylic acids is 1. The molecule has 2 aromatic carbocycles. The molecule has 45 nitrogen and oxygen atoms in total. The number of rotatable bonds is 39. The highest BCUT2D eigenvalue weighted by molar-refractivity contribution is 8.76. The van der Waals surface area contributed by atoms with Crippen molar-refractivity contribution in [2.45, 2.75) is 311 Å². The van der Waals surface area contributed by atoms with Crippen LogP contribution in [0.2, 0.25) is 5.02 Å². The predicted octanol–water partition coefficient (Wildman–Crippen LogP) is -3.06. The van der Waals surface area contributed by atoms with E-state index in [0.717, 1.165) is 26.5 Å². The molecule has 7 rings (SSSR count). The van der Waals surface area contributed by atoms with Crippen molar-refractivity contribution in [1.82, 2.24) is 94.0 Å². The number of nitrogens with two attached hydrogens (primary N) is 4. The molecular weight excluding hydrogens is 1890 g/mol. The van der Waals surface area contributed by atoms with Gasteiger partial charge in [-0.05, 0) is 171 Å². The molecule has 782 valence electrons. The van der Waals surface area contributed by atoms with Gasteiger partial charge in [0.15, 0.2) is 5.96 Å². The molecule has 48 heteroatoms. The molecule has 26 N–H and O–H groups in total. The largest absolute Gasteiger partial charge is 0.481 e. The second-order valence-electron chi connectivity index (χ2n) is 37.0. The molecule has 0 aliphatic carbocycles. The summed E-state index contributed by atoms with van der Waals surface area (Å²) in [7, 11) is 1.89. The molecular formula is C93H144ClN23O22S2. The fourth-order valence-electron chi connectivity index (χ4n) is 17.5. The van der Waals surface area contributed by atoms with Crippen LogP contribution in [0.1, 0.15) is 201 Å². The third kappa shape index (κ3) is 36.7. The number of fused-ring (bicyclic) bond motifs is 1. The first-order valence-corrected chi connectivity index (χ1v) is 51.4. The standard InChI is InChI=1S/C93H144ClN23O22S2/c1-8-9-26-63-89(136)114-39-19-30-70(114)86(133)101-53(6)77(124)112-68(49-118)84(131)110-66(45-55-22-11-10-12-23-55)83(130)113-69(85(132)108-64(28-14-16-37-96)90(137)116-41-21-32-72(116)91(138)115-40-20-31-71(115)87(134)103-59(76(97)123)33-34-74(121)122)50-141-140-42-35-62(80(127)109-65(43-51(2)3)81(128)105-61(29-18-38-100-93(98)99)78(125)104-60(79(126)107-63)27-13-15-36-95)106-82(129)67(46-56-24-17-25-57(94)44-56)111-88(135)73-47-58(120)48-117(73)92(139)75(52(4)5)102-54(7)119/h10-12,17,22-25,44,51-53,58-73,75,118,120H,8-9,13-16,18-21,26-43,45-50,95-96H2,1-7H3,(H2,97,123)(H,101,133)(H,102,119)(H,103,134)(H,104,125)(H,105,128)(H,106,129)(H,107,126)(H,108,132)(H,109,127)(H,110,131)(H,111,135)(H,112,124)(H,113,130)(H,121,122)(H4,98,99,100)/t53?,58-,59+,60+,61+,62?,63+,64?,65+,66+,67+,68+,69+,70+,71+,72+,73+,75+/m1/s1. The van der Waals surface area contributed by atoms with Crippen LogP contribution >= 0.6 is 33.2 Å². The summed E-state index contributed by atoms with van der Waals surface area (Å²) in [5.41, 5.74) is 24.0. The smallest absolute Gasteiger partial charge is 0.303 e. The molecule has 5 fully saturated rings. The number of carbonyl (C=O) groups is 19. The van der Waals surface area contributed by atoms with Gasteiger partial charge in [-0.15, -0.1) is 0 Å². The van der Waals surface area contributed by atoms with Crippen LogP contribution < -0.4 is 97.4 Å². The maximum atomic E-state index is 15.7. The van der Waals surface area contributed by atoms with Crippen molar-refractivity contribution in [2.75, 3.05) is 63.9 Å². The fourth-order valence-corrected chi connectivity index (χ4v) is 19.9. The Hall–Kier alpha value is -11.5. The van der Waals surface area contributed by atoms with Gasteiger partial charge in [0.1, 0.15) is 103 Å². The van der Waals surface area contributed by atoms with E-state index in [4.69, 9.17) is 39.9 Å². The van der Waals surface area contributed by atoms with E-state index >= 15 is 33.6 Å². The Balaban J connectivity index is 1.35. The zero-order valence-corrected chi connectivity index (χ0v) is 83.6. The van der Waals surface area contributed by atoms with Gasteiger partial charge in [-0.25, -0.2) is 0 Å². The van der Waals surface area contributed by atoms with E-state index in [0.29, 0.717) is 49.7 Å². The molecule has 0 radical (unpaired) electrons. The molecule has 18 atom stereocenters. The maximum Gasteiger partial charge on any atom is 0.303 e. The van der Waals surface area contributed by atoms with Crippen molar-refractivity contribution >= 4 is 151 Å². The number of aliphatic carboxylic acids is 1. The van der Waals surface area contributed by atoms with E-state index in [1.807, 2.05) is 6.92 Å². The molecule has 5 aliphatic rings. The van der Waals surface area contributed by atoms with Crippen molar-refractivity contribution in [3.8, 4) is 0 Å². The maximum absolute atomic E-state index is 15.7. The highest BCUT2D eigenvalue weighted by Crippen LogP contribution is 2.30. The molecule has 0 bridgehead atoms. The Morgan fingerprint density at radius 2 is 1.16 bits per heavy atom. The zero-order valence-electron chi connectivity index (χ0n) is 81.2. The number of aliphatic hydroxyl groups excluding tert-OH is 2. The molecule has 0 aromatic heterocycles. The molecule has 5 saturated heterocycles. The van der Waals surface area contributed by atoms with Gasteiger partial charge in [0.05, 0.1) is 12.7 Å². The number of amides is 18. The van der Waals surface area contributed by atoms with Crippen LogP contribution in [0.4, 0.5) is 0 Å². The third-order valence-corrected chi connectivity index (χ3v) is 27.7. The number of benzene rings is 2. The number of primary amides is 1. The summed E-state index contributed by atoms with van der Waals surface area (Å²) in [5.74, 6) is -19.0. The lowest BCUT2D eigenvalue weighted by Crippen LogP contribution is -2.61. The number of hydrogen-bond donors (Lipinski definition) is 22. The Kier molecular flexibility index (Phi) is 48.5. The van der Waals surface area contributed by atoms with E-state index in [-0.39, 0.29) is 166 Å². The third-order valence-electron chi connectivity index (χ3n) is 25.0. The fraction of sp³-hybridized carbons (Fsp3) is 0.656. The molecule has 141 heavy (non-hydrogen) atoms. The van der Waals surface area contributed by atoms with Crippen molar-refractivity contribution in [2.24, 2.45) is 34.8 Å². The quantitative estimate of drug-likeness (QED) is 0.0137. The number of guanidine groups is 1. The summed E-state index contributed by atoms with van der Waals surface area (Å²) in [4.78, 5) is 281. The van der Waals surface area contributed by atoms with E-state index in [1.54, 1.807) is 76.2 Å². The van der Waals surface area contributed by atoms with Crippen molar-refractivity contribution in [3.63, 3.8) is 0 Å². The van der Waals surface area contributed by atoms with Gasteiger partial charge in [-0.3, -0.25) is 96.5 Å². The minimum absolute atomic E-state index is 0.00301. The highest BCUT2D eigenvalue weighted by atomic mass is 35.5. The lowest BCUT2D eigenvalue weighted by molar-refractivity contribution is -0.148. The lowest BCUT2D eigenvalue weighted by atomic mass is 10.0. The van der Waals surface area contributed by atoms with E-state index < -0.39 is 258 Å². The van der Waals surface area contributed by atoms with Gasteiger partial charge >= 0.3 is 5.97 Å². The number of hydrogen-bond acceptors (Lipinski definition) is 26. The molecule has 2 aromatic rings. The van der Waals surface area contributed by atoms with Crippen LogP contribution in [0, 0.1) is 17.2 Å². The van der Waals surface area contributed by atoms with Gasteiger partial charge in [0.2, 0.25) is 106 Å². The average molecular weight is 2040 g/mol. The molecule has 18 amide bonds. The number of halogens is 1. The second kappa shape index (κ2) is 58.8. The molecule has 0 spiro atoms. The van der Waals surface area contributed by atoms with Crippen molar-refractivity contribution in [1.29, 1.82) is 5.41 Å². The minimum Gasteiger partial charge on any atom is -0.481 e. The summed E-state index contributed by atoms with van der Waals surface area (Å²) in [6, 6.07) is -10.5. The first-order valence-electron chi connectivity index (χ1n) is 48.5. The Labute approximate surface area is 833 Å². The van der Waals surface area contributed by atoms with Gasteiger partial charge in [-0.2, -0.15) is 0 Å². The van der Waals surface area contributed by atoms with E-state index in [1.165, 1.54) is 34.6 Å². The topological polar surface area (TPSA) is 694 Å². The van der Waals surface area contributed by atoms with Gasteiger partial charge < -0.3 is 132 Å². The molecule has 5 aliphatic heterocycles. The number of nitrogens with one attached hydrogen (secondary N) is 15. The summed E-state index contributed by atoms with van der Waals surface area (Å²) in [6.07, 6.45) is -0.575. The number of carboxylic acid groups (broad SMARTS) is 1. The number of β-amino-alcohol motifs (C(OH)–C–C–N with tert-alkyl or cyclic N) is 1. The number of carbonyl (C=O) groups excluding carboxylic acids is 18. The second-order valence-corrected chi connectivity index (χ2v) is 40.1. The summed E-state index contributed by atoms with van der Waals surface area (Å²) in [5, 5.41) is 77.1. The summed E-state index contributed by atoms with van der Waals surface area (Å²) < 4.78 is 0. The Morgan fingerprint density at radius 3 is 1.79 bits per heavy atom. The monoisotopic (exact) mass is 2030 g/mol. The van der Waals surface area contributed by atoms with Gasteiger partial charge in [-0.1, -0.05) is 123 Å². The van der Waals surface area contributed by atoms with Crippen molar-refractivity contribution in [3.05, 3.63) is 70.7 Å². The minimum atomic E-state index is -1.85. The lowest BCUT2D eigenvalue weighted by Gasteiger charge is -2.33. The molecule has 0 saturated carbocycles. The van der Waals surface area contributed by atoms with Crippen LogP contribution in [0.25, 0.3) is 0 Å².